The number of pyridine rings is 1. The van der Waals surface area contributed by atoms with Gasteiger partial charge in [0, 0.05) is 43.8 Å². The summed E-state index contributed by atoms with van der Waals surface area (Å²) in [5.41, 5.74) is 1.14. The Morgan fingerprint density at radius 1 is 1.23 bits per heavy atom. The molecule has 4 rings (SSSR count). The van der Waals surface area contributed by atoms with Crippen LogP contribution >= 0.6 is 0 Å². The smallest absolute Gasteiger partial charge is 0.252 e. The third kappa shape index (κ3) is 5.01. The quantitative estimate of drug-likeness (QED) is 0.467. The molecule has 1 aromatic carbocycles. The van der Waals surface area contributed by atoms with Crippen LogP contribution in [-0.4, -0.2) is 75.3 Å². The maximum absolute atomic E-state index is 12.8. The molecule has 1 aliphatic heterocycles. The number of aliphatic hydroxyl groups excluding tert-OH is 1. The number of methoxy groups -OCH3 is 1. The first-order valence-electron chi connectivity index (χ1n) is 10.2. The average Bonchev–Trinajstić information content (AvgIpc) is 3.22. The Kier molecular flexibility index (Phi) is 6.75. The maximum Gasteiger partial charge on any atom is 0.252 e. The zero-order chi connectivity index (χ0) is 21.6. The Bertz CT molecular complexity index is 1080. The number of aliphatic hydroxyl groups is 1. The molecule has 3 heterocycles. The molecule has 2 N–H and O–H groups in total. The van der Waals surface area contributed by atoms with Gasteiger partial charge in [0.1, 0.15) is 13.2 Å². The van der Waals surface area contributed by atoms with Crippen molar-refractivity contribution < 1.29 is 19.3 Å². The first-order valence-corrected chi connectivity index (χ1v) is 10.2. The highest BCUT2D eigenvalue weighted by Crippen LogP contribution is 2.33. The Hall–Kier alpha value is -3.02. The summed E-state index contributed by atoms with van der Waals surface area (Å²) in [6, 6.07) is 5.54. The zero-order valence-electron chi connectivity index (χ0n) is 17.4. The molecule has 3 aromatic rings. The average molecular weight is 430 g/mol. The summed E-state index contributed by atoms with van der Waals surface area (Å²) in [5.74, 6) is 1.98. The minimum Gasteiger partial charge on any atom is -0.486 e. The Morgan fingerprint density at radius 2 is 2.03 bits per heavy atom. The lowest BCUT2D eigenvalue weighted by atomic mass is 10.1. The molecule has 0 saturated heterocycles. The number of tetrazole rings is 1. The second-order valence-corrected chi connectivity index (χ2v) is 7.31. The number of H-pyrrole nitrogens is 1. The Balaban J connectivity index is 1.58. The lowest BCUT2D eigenvalue weighted by Gasteiger charge is -2.22. The van der Waals surface area contributed by atoms with Gasteiger partial charge in [-0.3, -0.25) is 9.69 Å². The first kappa shape index (κ1) is 21.2. The topological polar surface area (TPSA) is 128 Å². The number of hydrogen-bond acceptors (Lipinski definition) is 9. The normalized spacial score (nSPS) is 13.3. The van der Waals surface area contributed by atoms with E-state index in [9.17, 15) is 9.90 Å². The summed E-state index contributed by atoms with van der Waals surface area (Å²) in [6.45, 7) is 3.50. The van der Waals surface area contributed by atoms with Gasteiger partial charge in [-0.2, -0.15) is 0 Å². The van der Waals surface area contributed by atoms with Crippen LogP contribution < -0.4 is 15.0 Å². The molecule has 0 aliphatic carbocycles. The third-order valence-corrected chi connectivity index (χ3v) is 5.09. The van der Waals surface area contributed by atoms with Crippen LogP contribution in [0.2, 0.25) is 0 Å². The molecule has 0 unspecified atom stereocenters. The van der Waals surface area contributed by atoms with Gasteiger partial charge in [-0.1, -0.05) is 0 Å². The van der Waals surface area contributed by atoms with Crippen LogP contribution in [0.25, 0.3) is 10.9 Å². The largest absolute Gasteiger partial charge is 0.486 e. The van der Waals surface area contributed by atoms with Crippen molar-refractivity contribution in [2.45, 2.75) is 26.1 Å². The second-order valence-electron chi connectivity index (χ2n) is 7.31. The maximum atomic E-state index is 12.8. The highest BCUT2D eigenvalue weighted by molar-refractivity contribution is 5.83. The van der Waals surface area contributed by atoms with E-state index in [2.05, 4.69) is 20.5 Å². The van der Waals surface area contributed by atoms with Gasteiger partial charge < -0.3 is 24.3 Å². The summed E-state index contributed by atoms with van der Waals surface area (Å²) in [4.78, 5) is 17.7. The number of benzene rings is 1. The number of hydrogen-bond donors (Lipinski definition) is 2. The van der Waals surface area contributed by atoms with E-state index in [1.807, 2.05) is 17.0 Å². The Labute approximate surface area is 178 Å². The highest BCUT2D eigenvalue weighted by atomic mass is 16.6. The van der Waals surface area contributed by atoms with Gasteiger partial charge in [-0.05, 0) is 29.0 Å². The molecule has 11 heteroatoms. The van der Waals surface area contributed by atoms with Crippen molar-refractivity contribution in [3.63, 3.8) is 0 Å². The standard InChI is InChI=1S/C20H26N6O5/c1-29-6-4-26-19(22-23-24-26)13-25(3-2-5-27)12-15-9-14-10-17-18(31-8-7-30-17)11-16(14)21-20(15)28/h9-11,27H,2-8,12-13H2,1H3,(H,21,28). The van der Waals surface area contributed by atoms with E-state index in [-0.39, 0.29) is 12.2 Å². The molecule has 2 aromatic heterocycles. The van der Waals surface area contributed by atoms with Gasteiger partial charge in [0.2, 0.25) is 0 Å². The van der Waals surface area contributed by atoms with E-state index in [0.717, 1.165) is 5.39 Å². The molecule has 1 aliphatic rings. The van der Waals surface area contributed by atoms with Crippen LogP contribution in [-0.2, 0) is 24.4 Å². The minimum absolute atomic E-state index is 0.0582. The second kappa shape index (κ2) is 9.86. The number of fused-ring (bicyclic) bond motifs is 2. The van der Waals surface area contributed by atoms with Gasteiger partial charge in [-0.15, -0.1) is 5.10 Å². The van der Waals surface area contributed by atoms with E-state index in [1.165, 1.54) is 0 Å². The predicted molar refractivity (Wildman–Crippen MR) is 111 cm³/mol. The fraction of sp³-hybridized carbons (Fsp3) is 0.500. The molecule has 0 fully saturated rings. The van der Waals surface area contributed by atoms with Gasteiger partial charge in [-0.25, -0.2) is 4.68 Å². The summed E-state index contributed by atoms with van der Waals surface area (Å²) < 4.78 is 18.0. The third-order valence-electron chi connectivity index (χ3n) is 5.09. The molecular weight excluding hydrogens is 404 g/mol. The van der Waals surface area contributed by atoms with Crippen molar-refractivity contribution in [2.75, 3.05) is 40.1 Å². The van der Waals surface area contributed by atoms with E-state index in [4.69, 9.17) is 14.2 Å². The van der Waals surface area contributed by atoms with Crippen molar-refractivity contribution >= 4 is 10.9 Å². The number of ether oxygens (including phenoxy) is 3. The molecule has 0 bridgehead atoms. The highest BCUT2D eigenvalue weighted by Gasteiger charge is 2.17. The van der Waals surface area contributed by atoms with Crippen molar-refractivity contribution in [1.29, 1.82) is 0 Å². The van der Waals surface area contributed by atoms with Gasteiger partial charge in [0.15, 0.2) is 17.3 Å². The van der Waals surface area contributed by atoms with Crippen molar-refractivity contribution in [3.8, 4) is 11.5 Å². The Morgan fingerprint density at radius 3 is 2.81 bits per heavy atom. The molecule has 0 atom stereocenters. The fourth-order valence-electron chi connectivity index (χ4n) is 3.54. The van der Waals surface area contributed by atoms with E-state index in [1.54, 1.807) is 17.9 Å². The van der Waals surface area contributed by atoms with Crippen LogP contribution in [0.4, 0.5) is 0 Å². The first-order chi connectivity index (χ1) is 15.2. The number of aromatic amines is 1. The van der Waals surface area contributed by atoms with E-state index in [0.29, 0.717) is 80.8 Å². The molecule has 0 saturated carbocycles. The number of nitrogens with one attached hydrogen (secondary N) is 1. The molecule has 31 heavy (non-hydrogen) atoms. The summed E-state index contributed by atoms with van der Waals surface area (Å²) >= 11 is 0. The summed E-state index contributed by atoms with van der Waals surface area (Å²) in [6.07, 6.45) is 0.573. The SMILES string of the molecule is COCCn1nnnc1CN(CCCO)Cc1cc2cc3c(cc2[nH]c1=O)OCCO3. The van der Waals surface area contributed by atoms with Crippen LogP contribution in [0.3, 0.4) is 0 Å². The van der Waals surface area contributed by atoms with Crippen LogP contribution in [0.1, 0.15) is 17.8 Å². The molecule has 166 valence electrons. The molecule has 0 amide bonds. The summed E-state index contributed by atoms with van der Waals surface area (Å²) in [5, 5.41) is 22.0. The van der Waals surface area contributed by atoms with Crippen LogP contribution in [0, 0.1) is 0 Å². The summed E-state index contributed by atoms with van der Waals surface area (Å²) in [7, 11) is 1.62. The van der Waals surface area contributed by atoms with Gasteiger partial charge in [0.05, 0.1) is 25.2 Å². The lowest BCUT2D eigenvalue weighted by Crippen LogP contribution is -2.29. The number of nitrogens with zero attached hydrogens (tertiary/aromatic N) is 5. The van der Waals surface area contributed by atoms with Crippen molar-refractivity contribution in [2.24, 2.45) is 0 Å². The van der Waals surface area contributed by atoms with Gasteiger partial charge in [0.25, 0.3) is 5.56 Å². The van der Waals surface area contributed by atoms with Crippen molar-refractivity contribution in [1.82, 2.24) is 30.1 Å². The minimum atomic E-state index is -0.169. The number of rotatable bonds is 10. The lowest BCUT2D eigenvalue weighted by molar-refractivity contribution is 0.172. The van der Waals surface area contributed by atoms with Crippen LogP contribution in [0.5, 0.6) is 11.5 Å². The molecule has 0 radical (unpaired) electrons. The van der Waals surface area contributed by atoms with E-state index >= 15 is 0 Å². The van der Waals surface area contributed by atoms with Crippen LogP contribution in [0.15, 0.2) is 23.0 Å². The molecular formula is C20H26N6O5. The zero-order valence-corrected chi connectivity index (χ0v) is 17.4. The predicted octanol–water partition coefficient (Wildman–Crippen LogP) is 0.317. The number of aromatic nitrogens is 5. The molecule has 0 spiro atoms. The molecule has 11 nitrogen and oxygen atoms in total. The van der Waals surface area contributed by atoms with E-state index < -0.39 is 0 Å². The van der Waals surface area contributed by atoms with Gasteiger partial charge >= 0.3 is 0 Å². The fourth-order valence-corrected chi connectivity index (χ4v) is 3.54. The monoisotopic (exact) mass is 430 g/mol. The van der Waals surface area contributed by atoms with Crippen molar-refractivity contribution in [3.05, 3.63) is 39.9 Å².